The molecule has 1 amide bonds. The Hall–Kier alpha value is -1.42. The number of pyridine rings is 1. The monoisotopic (exact) mass is 247 g/mol. The minimum atomic E-state index is 0.169. The highest BCUT2D eigenvalue weighted by Gasteiger charge is 2.23. The van der Waals surface area contributed by atoms with Crippen molar-refractivity contribution < 1.29 is 4.79 Å². The van der Waals surface area contributed by atoms with E-state index in [4.69, 9.17) is 0 Å². The molecule has 4 nitrogen and oxygen atoms in total. The molecule has 0 spiro atoms. The summed E-state index contributed by atoms with van der Waals surface area (Å²) in [5.74, 6) is 0.169. The average molecular weight is 247 g/mol. The maximum Gasteiger partial charge on any atom is 0.219 e. The van der Waals surface area contributed by atoms with E-state index in [9.17, 15) is 4.79 Å². The first-order valence-electron chi connectivity index (χ1n) is 6.51. The zero-order valence-corrected chi connectivity index (χ0v) is 11.2. The van der Waals surface area contributed by atoms with Crippen molar-refractivity contribution in [2.75, 3.05) is 20.1 Å². The van der Waals surface area contributed by atoms with E-state index in [1.807, 2.05) is 24.3 Å². The fourth-order valence-electron chi connectivity index (χ4n) is 2.47. The molecule has 0 bridgehead atoms. The van der Waals surface area contributed by atoms with E-state index < -0.39 is 0 Å². The van der Waals surface area contributed by atoms with Gasteiger partial charge in [-0.05, 0) is 30.5 Å². The van der Waals surface area contributed by atoms with Gasteiger partial charge >= 0.3 is 0 Å². The fourth-order valence-corrected chi connectivity index (χ4v) is 2.47. The lowest BCUT2D eigenvalue weighted by atomic mass is 10.0. The van der Waals surface area contributed by atoms with Gasteiger partial charge in [-0.15, -0.1) is 0 Å². The fraction of sp³-hybridized carbons (Fsp3) is 0.571. The SMILES string of the molecule is CC(=O)N(C)C1CCN(Cc2ccncc2)CC1. The highest BCUT2D eigenvalue weighted by molar-refractivity contribution is 5.73. The second kappa shape index (κ2) is 5.96. The van der Waals surface area contributed by atoms with Gasteiger partial charge in [-0.3, -0.25) is 14.7 Å². The van der Waals surface area contributed by atoms with Crippen LogP contribution in [0.15, 0.2) is 24.5 Å². The van der Waals surface area contributed by atoms with Gasteiger partial charge in [0, 0.05) is 52.0 Å². The van der Waals surface area contributed by atoms with Crippen LogP contribution in [0.25, 0.3) is 0 Å². The zero-order chi connectivity index (χ0) is 13.0. The molecular formula is C14H21N3O. The van der Waals surface area contributed by atoms with Crippen LogP contribution in [0.4, 0.5) is 0 Å². The molecule has 1 fully saturated rings. The van der Waals surface area contributed by atoms with Gasteiger partial charge < -0.3 is 4.90 Å². The summed E-state index contributed by atoms with van der Waals surface area (Å²) in [5.41, 5.74) is 1.31. The molecule has 1 aliphatic heterocycles. The first-order chi connectivity index (χ1) is 8.66. The lowest BCUT2D eigenvalue weighted by Gasteiger charge is -2.36. The molecule has 0 N–H and O–H groups in total. The molecule has 1 aromatic heterocycles. The molecule has 4 heteroatoms. The average Bonchev–Trinajstić information content (AvgIpc) is 2.40. The smallest absolute Gasteiger partial charge is 0.219 e. The number of likely N-dealkylation sites (tertiary alicyclic amines) is 1. The Morgan fingerprint density at radius 3 is 2.56 bits per heavy atom. The molecule has 0 unspecified atom stereocenters. The second-order valence-corrected chi connectivity index (χ2v) is 4.99. The summed E-state index contributed by atoms with van der Waals surface area (Å²) < 4.78 is 0. The van der Waals surface area contributed by atoms with Crippen molar-refractivity contribution in [1.82, 2.24) is 14.8 Å². The summed E-state index contributed by atoms with van der Waals surface area (Å²) in [7, 11) is 1.91. The maximum absolute atomic E-state index is 11.3. The number of rotatable bonds is 3. The Balaban J connectivity index is 1.82. The Morgan fingerprint density at radius 1 is 1.39 bits per heavy atom. The van der Waals surface area contributed by atoms with Crippen molar-refractivity contribution in [1.29, 1.82) is 0 Å². The summed E-state index contributed by atoms with van der Waals surface area (Å²) in [4.78, 5) is 19.7. The molecule has 2 rings (SSSR count). The lowest BCUT2D eigenvalue weighted by molar-refractivity contribution is -0.130. The molecule has 98 valence electrons. The maximum atomic E-state index is 11.3. The molecule has 0 aliphatic carbocycles. The number of hydrogen-bond donors (Lipinski definition) is 0. The second-order valence-electron chi connectivity index (χ2n) is 4.99. The van der Waals surface area contributed by atoms with E-state index in [2.05, 4.69) is 22.0 Å². The van der Waals surface area contributed by atoms with Gasteiger partial charge in [0.1, 0.15) is 0 Å². The van der Waals surface area contributed by atoms with Gasteiger partial charge in [0.05, 0.1) is 0 Å². The van der Waals surface area contributed by atoms with Gasteiger partial charge in [-0.2, -0.15) is 0 Å². The summed E-state index contributed by atoms with van der Waals surface area (Å²) in [6, 6.07) is 4.54. The van der Waals surface area contributed by atoms with Crippen LogP contribution >= 0.6 is 0 Å². The molecular weight excluding hydrogens is 226 g/mol. The minimum Gasteiger partial charge on any atom is -0.343 e. The highest BCUT2D eigenvalue weighted by atomic mass is 16.2. The topological polar surface area (TPSA) is 36.4 Å². The third-order valence-corrected chi connectivity index (χ3v) is 3.76. The number of aromatic nitrogens is 1. The van der Waals surface area contributed by atoms with E-state index >= 15 is 0 Å². The van der Waals surface area contributed by atoms with E-state index in [-0.39, 0.29) is 5.91 Å². The standard InChI is InChI=1S/C14H21N3O/c1-12(18)16(2)14-5-9-17(10-6-14)11-13-3-7-15-8-4-13/h3-4,7-8,14H,5-6,9-11H2,1-2H3. The van der Waals surface area contributed by atoms with Gasteiger partial charge in [0.2, 0.25) is 5.91 Å². The van der Waals surface area contributed by atoms with Crippen molar-refractivity contribution >= 4 is 5.91 Å². The number of carbonyl (C=O) groups is 1. The van der Waals surface area contributed by atoms with Crippen LogP contribution in [0.3, 0.4) is 0 Å². The van der Waals surface area contributed by atoms with Crippen LogP contribution in [0.2, 0.25) is 0 Å². The molecule has 2 heterocycles. The number of amides is 1. The van der Waals surface area contributed by atoms with Gasteiger partial charge in [0.15, 0.2) is 0 Å². The van der Waals surface area contributed by atoms with Crippen molar-refractivity contribution in [3.63, 3.8) is 0 Å². The van der Waals surface area contributed by atoms with Crippen LogP contribution in [0.1, 0.15) is 25.3 Å². The normalized spacial score (nSPS) is 17.7. The van der Waals surface area contributed by atoms with E-state index in [1.165, 1.54) is 5.56 Å². The van der Waals surface area contributed by atoms with E-state index in [1.54, 1.807) is 6.92 Å². The van der Waals surface area contributed by atoms with Gasteiger partial charge in [0.25, 0.3) is 0 Å². The number of piperidine rings is 1. The van der Waals surface area contributed by atoms with Crippen LogP contribution < -0.4 is 0 Å². The molecule has 1 aromatic rings. The first-order valence-corrected chi connectivity index (χ1v) is 6.51. The van der Waals surface area contributed by atoms with E-state index in [0.29, 0.717) is 6.04 Å². The van der Waals surface area contributed by atoms with Crippen LogP contribution in [-0.2, 0) is 11.3 Å². The molecule has 1 saturated heterocycles. The Labute approximate surface area is 109 Å². The molecule has 0 aromatic carbocycles. The Kier molecular flexibility index (Phi) is 4.31. The zero-order valence-electron chi connectivity index (χ0n) is 11.2. The van der Waals surface area contributed by atoms with E-state index in [0.717, 1.165) is 32.5 Å². The predicted octanol–water partition coefficient (Wildman–Crippen LogP) is 1.52. The number of hydrogen-bond acceptors (Lipinski definition) is 3. The number of nitrogens with zero attached hydrogens (tertiary/aromatic N) is 3. The first kappa shape index (κ1) is 13.0. The molecule has 0 radical (unpaired) electrons. The quantitative estimate of drug-likeness (QED) is 0.812. The molecule has 18 heavy (non-hydrogen) atoms. The van der Waals surface area contributed by atoms with Crippen LogP contribution in [0, 0.1) is 0 Å². The van der Waals surface area contributed by atoms with Gasteiger partial charge in [-0.1, -0.05) is 0 Å². The molecule has 0 saturated carbocycles. The predicted molar refractivity (Wildman–Crippen MR) is 71.0 cm³/mol. The minimum absolute atomic E-state index is 0.169. The largest absolute Gasteiger partial charge is 0.343 e. The van der Waals surface area contributed by atoms with Crippen molar-refractivity contribution in [2.24, 2.45) is 0 Å². The highest BCUT2D eigenvalue weighted by Crippen LogP contribution is 2.17. The molecule has 1 aliphatic rings. The van der Waals surface area contributed by atoms with Crippen molar-refractivity contribution in [3.05, 3.63) is 30.1 Å². The van der Waals surface area contributed by atoms with Gasteiger partial charge in [-0.25, -0.2) is 0 Å². The number of carbonyl (C=O) groups excluding carboxylic acids is 1. The lowest BCUT2D eigenvalue weighted by Crippen LogP contribution is -2.44. The summed E-state index contributed by atoms with van der Waals surface area (Å²) in [5, 5.41) is 0. The third kappa shape index (κ3) is 3.29. The van der Waals surface area contributed by atoms with Crippen molar-refractivity contribution in [3.8, 4) is 0 Å². The third-order valence-electron chi connectivity index (χ3n) is 3.76. The summed E-state index contributed by atoms with van der Waals surface area (Å²) in [6.45, 7) is 4.75. The molecule has 0 atom stereocenters. The summed E-state index contributed by atoms with van der Waals surface area (Å²) >= 11 is 0. The summed E-state index contributed by atoms with van der Waals surface area (Å²) in [6.07, 6.45) is 5.82. The Bertz CT molecular complexity index is 385. The van der Waals surface area contributed by atoms with Crippen LogP contribution in [0.5, 0.6) is 0 Å². The van der Waals surface area contributed by atoms with Crippen molar-refractivity contribution in [2.45, 2.75) is 32.4 Å². The Morgan fingerprint density at radius 2 is 2.00 bits per heavy atom. The van der Waals surface area contributed by atoms with Crippen LogP contribution in [-0.4, -0.2) is 46.9 Å².